The van der Waals surface area contributed by atoms with Gasteiger partial charge in [-0.1, -0.05) is 13.8 Å². The van der Waals surface area contributed by atoms with Crippen LogP contribution in [-0.2, 0) is 4.74 Å². The zero-order valence-electron chi connectivity index (χ0n) is 14.9. The highest BCUT2D eigenvalue weighted by Crippen LogP contribution is 2.19. The number of anilines is 1. The fourth-order valence-electron chi connectivity index (χ4n) is 2.02. The van der Waals surface area contributed by atoms with Crippen molar-refractivity contribution in [1.82, 2.24) is 14.9 Å². The van der Waals surface area contributed by atoms with Gasteiger partial charge in [-0.2, -0.15) is 0 Å². The molecule has 1 aromatic rings. The second kappa shape index (κ2) is 8.75. The summed E-state index contributed by atoms with van der Waals surface area (Å²) in [6.45, 7) is 11.5. The molecule has 0 atom stereocenters. The number of halogens is 2. The number of hydrogen-bond acceptors (Lipinski definition) is 5. The Morgan fingerprint density at radius 3 is 2.04 bits per heavy atom. The number of alkyl halides is 2. The van der Waals surface area contributed by atoms with Crippen LogP contribution in [0.5, 0.6) is 0 Å². The van der Waals surface area contributed by atoms with E-state index in [4.69, 9.17) is 4.74 Å². The first-order chi connectivity index (χ1) is 11.3. The molecule has 1 aromatic heterocycles. The summed E-state index contributed by atoms with van der Waals surface area (Å²) >= 11 is 0. The number of hydrogen-bond donors (Lipinski definition) is 0. The second-order valence-electron chi connectivity index (χ2n) is 6.07. The van der Waals surface area contributed by atoms with Crippen LogP contribution >= 0.6 is 0 Å². The van der Waals surface area contributed by atoms with Crippen molar-refractivity contribution in [2.75, 3.05) is 31.1 Å². The van der Waals surface area contributed by atoms with Gasteiger partial charge in [-0.3, -0.25) is 0 Å². The van der Waals surface area contributed by atoms with Crippen molar-refractivity contribution >= 4 is 12.0 Å². The van der Waals surface area contributed by atoms with Crippen LogP contribution in [0.25, 0.3) is 0 Å². The lowest BCUT2D eigenvalue weighted by atomic mass is 10.2. The fraction of sp³-hybridized carbons (Fsp3) is 0.688. The molecule has 6 nitrogen and oxygen atoms in total. The van der Waals surface area contributed by atoms with Crippen LogP contribution in [0.15, 0.2) is 12.4 Å². The maximum Gasteiger partial charge on any atom is 0.410 e. The first kappa shape index (κ1) is 20.1. The number of carbonyl (C=O) groups excluding carboxylic acids is 1. The van der Waals surface area contributed by atoms with Crippen molar-refractivity contribution in [3.63, 3.8) is 0 Å². The van der Waals surface area contributed by atoms with Gasteiger partial charge in [0.1, 0.15) is 5.60 Å². The van der Waals surface area contributed by atoms with E-state index in [-0.39, 0.29) is 11.7 Å². The Kier molecular flexibility index (Phi) is 7.31. The summed E-state index contributed by atoms with van der Waals surface area (Å²) in [7, 11) is 0. The number of aromatic nitrogens is 2. The van der Waals surface area contributed by atoms with Crippen LogP contribution in [0, 0.1) is 0 Å². The molecule has 24 heavy (non-hydrogen) atoms. The standard InChI is InChI=1S/C14H20F2N4O2.C2H6/c1-14(2,3)22-13(21)20-6-4-19(5-7-20)12-17-8-10(9-18-12)11(15)16;1-2/h8-9,11H,4-7H2,1-3H3;1-2H3. The van der Waals surface area contributed by atoms with E-state index < -0.39 is 12.0 Å². The number of piperazine rings is 1. The van der Waals surface area contributed by atoms with E-state index in [1.54, 1.807) is 4.90 Å². The Morgan fingerprint density at radius 1 is 1.12 bits per heavy atom. The number of ether oxygens (including phenoxy) is 1. The largest absolute Gasteiger partial charge is 0.444 e. The molecule has 0 N–H and O–H groups in total. The molecule has 0 aliphatic carbocycles. The van der Waals surface area contributed by atoms with Crippen molar-refractivity contribution in [2.45, 2.75) is 46.6 Å². The van der Waals surface area contributed by atoms with Gasteiger partial charge in [0.2, 0.25) is 5.95 Å². The molecule has 1 fully saturated rings. The van der Waals surface area contributed by atoms with Gasteiger partial charge in [-0.15, -0.1) is 0 Å². The van der Waals surface area contributed by atoms with E-state index in [1.165, 1.54) is 0 Å². The molecule has 0 saturated carbocycles. The monoisotopic (exact) mass is 344 g/mol. The van der Waals surface area contributed by atoms with E-state index >= 15 is 0 Å². The average Bonchev–Trinajstić information content (AvgIpc) is 2.55. The van der Waals surface area contributed by atoms with Gasteiger partial charge in [0.25, 0.3) is 6.43 Å². The Morgan fingerprint density at radius 2 is 1.62 bits per heavy atom. The van der Waals surface area contributed by atoms with Gasteiger partial charge in [-0.25, -0.2) is 23.5 Å². The first-order valence-corrected chi connectivity index (χ1v) is 8.09. The second-order valence-corrected chi connectivity index (χ2v) is 6.07. The lowest BCUT2D eigenvalue weighted by molar-refractivity contribution is 0.0240. The van der Waals surface area contributed by atoms with Gasteiger partial charge in [0.05, 0.1) is 5.56 Å². The number of rotatable bonds is 2. The van der Waals surface area contributed by atoms with Crippen LogP contribution in [-0.4, -0.2) is 52.7 Å². The molecule has 0 radical (unpaired) electrons. The van der Waals surface area contributed by atoms with E-state index in [2.05, 4.69) is 9.97 Å². The van der Waals surface area contributed by atoms with E-state index in [0.29, 0.717) is 32.1 Å². The Bertz CT molecular complexity index is 510. The highest BCUT2D eigenvalue weighted by Gasteiger charge is 2.26. The SMILES string of the molecule is CC.CC(C)(C)OC(=O)N1CCN(c2ncc(C(F)F)cn2)CC1. The third-order valence-corrected chi connectivity index (χ3v) is 3.12. The van der Waals surface area contributed by atoms with Crippen molar-refractivity contribution in [3.8, 4) is 0 Å². The number of nitrogens with zero attached hydrogens (tertiary/aromatic N) is 4. The topological polar surface area (TPSA) is 58.6 Å². The van der Waals surface area contributed by atoms with E-state index in [1.807, 2.05) is 39.5 Å². The van der Waals surface area contributed by atoms with E-state index in [9.17, 15) is 13.6 Å². The number of carbonyl (C=O) groups is 1. The molecule has 0 bridgehead atoms. The molecule has 1 aliphatic rings. The average molecular weight is 344 g/mol. The van der Waals surface area contributed by atoms with Crippen LogP contribution in [0.3, 0.4) is 0 Å². The molecule has 2 heterocycles. The zero-order chi connectivity index (χ0) is 18.3. The molecule has 0 spiro atoms. The summed E-state index contributed by atoms with van der Waals surface area (Å²) in [5, 5.41) is 0. The van der Waals surface area contributed by atoms with Crippen LogP contribution in [0.2, 0.25) is 0 Å². The molecule has 2 rings (SSSR count). The minimum absolute atomic E-state index is 0.198. The summed E-state index contributed by atoms with van der Waals surface area (Å²) in [5.41, 5.74) is -0.723. The highest BCUT2D eigenvalue weighted by molar-refractivity contribution is 5.68. The third-order valence-electron chi connectivity index (χ3n) is 3.12. The quantitative estimate of drug-likeness (QED) is 0.822. The van der Waals surface area contributed by atoms with Crippen molar-refractivity contribution < 1.29 is 18.3 Å². The predicted molar refractivity (Wildman–Crippen MR) is 88.4 cm³/mol. The first-order valence-electron chi connectivity index (χ1n) is 8.09. The molecular formula is C16H26F2N4O2. The van der Waals surface area contributed by atoms with Crippen LogP contribution in [0.4, 0.5) is 19.5 Å². The number of amides is 1. The summed E-state index contributed by atoms with van der Waals surface area (Å²) in [5.74, 6) is 0.397. The Labute approximate surface area is 141 Å². The maximum atomic E-state index is 12.5. The summed E-state index contributed by atoms with van der Waals surface area (Å²) in [6.07, 6.45) is -0.653. The van der Waals surface area contributed by atoms with Crippen molar-refractivity contribution in [1.29, 1.82) is 0 Å². The fourth-order valence-corrected chi connectivity index (χ4v) is 2.02. The van der Waals surface area contributed by atoms with Crippen LogP contribution in [0.1, 0.15) is 46.6 Å². The van der Waals surface area contributed by atoms with Gasteiger partial charge in [0, 0.05) is 38.6 Å². The Balaban J connectivity index is 0.00000139. The van der Waals surface area contributed by atoms with Gasteiger partial charge >= 0.3 is 6.09 Å². The predicted octanol–water partition coefficient (Wildman–Crippen LogP) is 3.50. The smallest absolute Gasteiger partial charge is 0.410 e. The minimum Gasteiger partial charge on any atom is -0.444 e. The van der Waals surface area contributed by atoms with Gasteiger partial charge in [0.15, 0.2) is 0 Å². The third kappa shape index (κ3) is 5.90. The van der Waals surface area contributed by atoms with Gasteiger partial charge < -0.3 is 14.5 Å². The highest BCUT2D eigenvalue weighted by atomic mass is 19.3. The molecule has 1 amide bonds. The van der Waals surface area contributed by atoms with E-state index in [0.717, 1.165) is 12.4 Å². The van der Waals surface area contributed by atoms with Crippen LogP contribution < -0.4 is 4.90 Å². The lowest BCUT2D eigenvalue weighted by Gasteiger charge is -2.35. The zero-order valence-corrected chi connectivity index (χ0v) is 14.9. The van der Waals surface area contributed by atoms with Crippen molar-refractivity contribution in [3.05, 3.63) is 18.0 Å². The lowest BCUT2D eigenvalue weighted by Crippen LogP contribution is -2.50. The Hall–Kier alpha value is -1.99. The maximum absolute atomic E-state index is 12.5. The van der Waals surface area contributed by atoms with Gasteiger partial charge in [-0.05, 0) is 20.8 Å². The molecule has 0 unspecified atom stereocenters. The summed E-state index contributed by atoms with van der Waals surface area (Å²) in [6, 6.07) is 0. The molecule has 1 saturated heterocycles. The summed E-state index contributed by atoms with van der Waals surface area (Å²) in [4.78, 5) is 23.3. The summed E-state index contributed by atoms with van der Waals surface area (Å²) < 4.78 is 30.2. The normalized spacial score (nSPS) is 15.0. The minimum atomic E-state index is -2.57. The molecule has 8 heteroatoms. The molecular weight excluding hydrogens is 318 g/mol. The molecule has 1 aliphatic heterocycles. The van der Waals surface area contributed by atoms with Crippen molar-refractivity contribution in [2.24, 2.45) is 0 Å². The molecule has 136 valence electrons. The molecule has 0 aromatic carbocycles.